The van der Waals surface area contributed by atoms with Gasteiger partial charge in [-0.1, -0.05) is 26.0 Å². The fourth-order valence-corrected chi connectivity index (χ4v) is 1.21. The third-order valence-corrected chi connectivity index (χ3v) is 2.28. The number of nitrogens with two attached hydrogens (primary N) is 1. The van der Waals surface area contributed by atoms with Crippen LogP contribution in [0.2, 0.25) is 0 Å². The van der Waals surface area contributed by atoms with E-state index in [4.69, 9.17) is 10.6 Å². The molecule has 0 aliphatic rings. The molecule has 2 N–H and O–H groups in total. The standard InChI is InChI=1S/C12H18N2O2/c1-9(2)10-5-4-6-11(7-10)16-8-12(15)14(3)13/h4-7,9H,8,13H2,1-3H3. The van der Waals surface area contributed by atoms with Gasteiger partial charge in [-0.05, 0) is 23.6 Å². The molecule has 1 aromatic carbocycles. The van der Waals surface area contributed by atoms with E-state index < -0.39 is 0 Å². The van der Waals surface area contributed by atoms with E-state index in [9.17, 15) is 4.79 Å². The predicted molar refractivity (Wildman–Crippen MR) is 63.0 cm³/mol. The average Bonchev–Trinajstić information content (AvgIpc) is 2.26. The van der Waals surface area contributed by atoms with Gasteiger partial charge in [0, 0.05) is 7.05 Å². The molecule has 1 rings (SSSR count). The highest BCUT2D eigenvalue weighted by Crippen LogP contribution is 2.19. The molecule has 0 fully saturated rings. The van der Waals surface area contributed by atoms with E-state index in [1.165, 1.54) is 12.6 Å². The van der Waals surface area contributed by atoms with Gasteiger partial charge in [0.05, 0.1) is 0 Å². The largest absolute Gasteiger partial charge is 0.484 e. The molecule has 0 spiro atoms. The Bertz CT molecular complexity index is 362. The van der Waals surface area contributed by atoms with Gasteiger partial charge < -0.3 is 4.74 Å². The van der Waals surface area contributed by atoms with Crippen molar-refractivity contribution in [3.8, 4) is 5.75 Å². The van der Waals surface area contributed by atoms with E-state index in [2.05, 4.69) is 13.8 Å². The fourth-order valence-electron chi connectivity index (χ4n) is 1.21. The number of hydrogen-bond donors (Lipinski definition) is 1. The Morgan fingerprint density at radius 1 is 1.50 bits per heavy atom. The number of rotatable bonds is 4. The molecule has 1 amide bonds. The minimum Gasteiger partial charge on any atom is -0.484 e. The van der Waals surface area contributed by atoms with Crippen molar-refractivity contribution in [3.63, 3.8) is 0 Å². The maximum Gasteiger partial charge on any atom is 0.274 e. The summed E-state index contributed by atoms with van der Waals surface area (Å²) in [4.78, 5) is 11.2. The summed E-state index contributed by atoms with van der Waals surface area (Å²) in [7, 11) is 1.50. The fraction of sp³-hybridized carbons (Fsp3) is 0.417. The zero-order chi connectivity index (χ0) is 12.1. The van der Waals surface area contributed by atoms with Crippen LogP contribution in [0, 0.1) is 0 Å². The van der Waals surface area contributed by atoms with E-state index in [0.717, 1.165) is 5.01 Å². The Morgan fingerprint density at radius 3 is 2.75 bits per heavy atom. The quantitative estimate of drug-likeness (QED) is 0.477. The lowest BCUT2D eigenvalue weighted by Gasteiger charge is -2.12. The van der Waals surface area contributed by atoms with Crippen LogP contribution in [-0.2, 0) is 4.79 Å². The van der Waals surface area contributed by atoms with E-state index in [0.29, 0.717) is 11.7 Å². The number of nitrogens with zero attached hydrogens (tertiary/aromatic N) is 1. The van der Waals surface area contributed by atoms with Crippen molar-refractivity contribution >= 4 is 5.91 Å². The first-order valence-corrected chi connectivity index (χ1v) is 5.24. The zero-order valence-corrected chi connectivity index (χ0v) is 9.93. The first-order valence-electron chi connectivity index (χ1n) is 5.24. The first-order chi connectivity index (χ1) is 7.50. The molecule has 0 unspecified atom stereocenters. The maximum absolute atomic E-state index is 11.2. The summed E-state index contributed by atoms with van der Waals surface area (Å²) in [5.74, 6) is 6.16. The highest BCUT2D eigenvalue weighted by molar-refractivity contribution is 5.76. The van der Waals surface area contributed by atoms with Crippen LogP contribution in [0.3, 0.4) is 0 Å². The molecule has 4 nitrogen and oxygen atoms in total. The molecule has 0 radical (unpaired) electrons. The summed E-state index contributed by atoms with van der Waals surface area (Å²) in [5.41, 5.74) is 1.19. The van der Waals surface area contributed by atoms with Gasteiger partial charge in [-0.15, -0.1) is 0 Å². The van der Waals surface area contributed by atoms with Crippen molar-refractivity contribution < 1.29 is 9.53 Å². The molecule has 0 aliphatic heterocycles. The van der Waals surface area contributed by atoms with Crippen molar-refractivity contribution in [1.82, 2.24) is 5.01 Å². The number of likely N-dealkylation sites (N-methyl/N-ethyl adjacent to an activating group) is 1. The van der Waals surface area contributed by atoms with Crippen molar-refractivity contribution in [2.24, 2.45) is 5.84 Å². The Morgan fingerprint density at radius 2 is 2.19 bits per heavy atom. The minimum atomic E-state index is -0.255. The number of amides is 1. The molecule has 0 aromatic heterocycles. The molecule has 0 heterocycles. The van der Waals surface area contributed by atoms with Crippen LogP contribution in [0.5, 0.6) is 5.75 Å². The summed E-state index contributed by atoms with van der Waals surface area (Å²) in [6.45, 7) is 4.18. The Labute approximate surface area is 96.0 Å². The summed E-state index contributed by atoms with van der Waals surface area (Å²) >= 11 is 0. The van der Waals surface area contributed by atoms with Crippen molar-refractivity contribution in [2.45, 2.75) is 19.8 Å². The minimum absolute atomic E-state index is 0.0332. The number of ether oxygens (including phenoxy) is 1. The molecule has 88 valence electrons. The van der Waals surface area contributed by atoms with Crippen LogP contribution < -0.4 is 10.6 Å². The molecule has 0 bridgehead atoms. The summed E-state index contributed by atoms with van der Waals surface area (Å²) in [6, 6.07) is 7.72. The second-order valence-corrected chi connectivity index (χ2v) is 4.02. The monoisotopic (exact) mass is 222 g/mol. The average molecular weight is 222 g/mol. The van der Waals surface area contributed by atoms with Crippen LogP contribution in [0.4, 0.5) is 0 Å². The third-order valence-electron chi connectivity index (χ3n) is 2.28. The van der Waals surface area contributed by atoms with Gasteiger partial charge in [0.25, 0.3) is 5.91 Å². The Hall–Kier alpha value is -1.55. The first kappa shape index (κ1) is 12.5. The molecular formula is C12H18N2O2. The number of benzene rings is 1. The Kier molecular flexibility index (Phi) is 4.31. The molecule has 0 saturated carbocycles. The van der Waals surface area contributed by atoms with Crippen molar-refractivity contribution in [2.75, 3.05) is 13.7 Å². The van der Waals surface area contributed by atoms with Crippen LogP contribution in [-0.4, -0.2) is 24.6 Å². The molecule has 4 heteroatoms. The van der Waals surface area contributed by atoms with Crippen LogP contribution >= 0.6 is 0 Å². The van der Waals surface area contributed by atoms with Crippen LogP contribution in [0.15, 0.2) is 24.3 Å². The predicted octanol–water partition coefficient (Wildman–Crippen LogP) is 1.52. The lowest BCUT2D eigenvalue weighted by atomic mass is 10.0. The normalized spacial score (nSPS) is 10.3. The summed E-state index contributed by atoms with van der Waals surface area (Å²) in [5, 5.41) is 1.02. The lowest BCUT2D eigenvalue weighted by Crippen LogP contribution is -2.36. The van der Waals surface area contributed by atoms with Gasteiger partial charge in [-0.3, -0.25) is 9.80 Å². The van der Waals surface area contributed by atoms with E-state index in [1.807, 2.05) is 24.3 Å². The second kappa shape index (κ2) is 5.51. The zero-order valence-electron chi connectivity index (χ0n) is 9.93. The number of hydrazine groups is 1. The smallest absolute Gasteiger partial charge is 0.274 e. The van der Waals surface area contributed by atoms with Crippen LogP contribution in [0.1, 0.15) is 25.3 Å². The summed E-state index contributed by atoms with van der Waals surface area (Å²) in [6.07, 6.45) is 0. The van der Waals surface area contributed by atoms with E-state index >= 15 is 0 Å². The van der Waals surface area contributed by atoms with E-state index in [1.54, 1.807) is 0 Å². The third kappa shape index (κ3) is 3.55. The second-order valence-electron chi connectivity index (χ2n) is 4.02. The lowest BCUT2D eigenvalue weighted by molar-refractivity contribution is -0.132. The van der Waals surface area contributed by atoms with E-state index in [-0.39, 0.29) is 12.5 Å². The molecule has 16 heavy (non-hydrogen) atoms. The molecule has 0 atom stereocenters. The topological polar surface area (TPSA) is 55.6 Å². The highest BCUT2D eigenvalue weighted by Gasteiger charge is 2.06. The van der Waals surface area contributed by atoms with Gasteiger partial charge in [0.2, 0.25) is 0 Å². The number of hydrogen-bond acceptors (Lipinski definition) is 3. The number of carbonyl (C=O) groups is 1. The van der Waals surface area contributed by atoms with Gasteiger partial charge in [0.15, 0.2) is 6.61 Å². The maximum atomic E-state index is 11.2. The SMILES string of the molecule is CC(C)c1cccc(OCC(=O)N(C)N)c1. The van der Waals surface area contributed by atoms with Gasteiger partial charge in [-0.25, -0.2) is 5.84 Å². The molecule has 0 saturated heterocycles. The molecule has 0 aliphatic carbocycles. The number of carbonyl (C=O) groups excluding carboxylic acids is 1. The van der Waals surface area contributed by atoms with Gasteiger partial charge >= 0.3 is 0 Å². The van der Waals surface area contributed by atoms with Gasteiger partial charge in [-0.2, -0.15) is 0 Å². The molecule has 1 aromatic rings. The Balaban J connectivity index is 2.61. The summed E-state index contributed by atoms with van der Waals surface area (Å²) < 4.78 is 5.35. The van der Waals surface area contributed by atoms with Crippen molar-refractivity contribution in [1.29, 1.82) is 0 Å². The van der Waals surface area contributed by atoms with Crippen molar-refractivity contribution in [3.05, 3.63) is 29.8 Å². The molecular weight excluding hydrogens is 204 g/mol. The highest BCUT2D eigenvalue weighted by atomic mass is 16.5. The van der Waals surface area contributed by atoms with Crippen LogP contribution in [0.25, 0.3) is 0 Å². The van der Waals surface area contributed by atoms with Gasteiger partial charge in [0.1, 0.15) is 5.75 Å².